The highest BCUT2D eigenvalue weighted by Gasteiger charge is 2.08. The van der Waals surface area contributed by atoms with Gasteiger partial charge in [-0.25, -0.2) is 0 Å². The van der Waals surface area contributed by atoms with E-state index in [-0.39, 0.29) is 5.78 Å². The van der Waals surface area contributed by atoms with Gasteiger partial charge in [0.1, 0.15) is 11.5 Å². The van der Waals surface area contributed by atoms with Gasteiger partial charge < -0.3 is 4.74 Å². The Labute approximate surface area is 148 Å². The van der Waals surface area contributed by atoms with Crippen molar-refractivity contribution in [1.29, 1.82) is 0 Å². The van der Waals surface area contributed by atoms with E-state index in [9.17, 15) is 4.79 Å². The first-order chi connectivity index (χ1) is 11.9. The van der Waals surface area contributed by atoms with E-state index in [0.29, 0.717) is 5.56 Å². The number of pyridine rings is 1. The van der Waals surface area contributed by atoms with E-state index in [2.05, 4.69) is 24.9 Å². The number of nitrogens with zero attached hydrogens (tertiary/aromatic N) is 1. The number of carbonyl (C=O) groups is 1. The summed E-state index contributed by atoms with van der Waals surface area (Å²) in [5.41, 5.74) is 5.61. The average molecular weight is 331 g/mol. The number of aryl methyl sites for hydroxylation is 3. The molecule has 0 saturated carbocycles. The van der Waals surface area contributed by atoms with Crippen molar-refractivity contribution in [2.45, 2.75) is 27.7 Å². The van der Waals surface area contributed by atoms with Crippen molar-refractivity contribution in [3.05, 3.63) is 77.0 Å². The van der Waals surface area contributed by atoms with Gasteiger partial charge in [-0.15, -0.1) is 0 Å². The highest BCUT2D eigenvalue weighted by Crippen LogP contribution is 2.27. The number of hydrogen-bond acceptors (Lipinski definition) is 3. The second-order valence-electron chi connectivity index (χ2n) is 6.34. The number of benzene rings is 2. The van der Waals surface area contributed by atoms with Crippen LogP contribution in [0.25, 0.3) is 11.3 Å². The largest absolute Gasteiger partial charge is 0.457 e. The minimum absolute atomic E-state index is 0.0359. The molecule has 0 fully saturated rings. The van der Waals surface area contributed by atoms with E-state index in [1.165, 1.54) is 11.1 Å². The summed E-state index contributed by atoms with van der Waals surface area (Å²) in [7, 11) is 0. The van der Waals surface area contributed by atoms with Gasteiger partial charge in [0.25, 0.3) is 0 Å². The van der Waals surface area contributed by atoms with Crippen LogP contribution in [-0.4, -0.2) is 10.8 Å². The SMILES string of the molecule is CC(=O)c1ccc(-c2ccc(Oc3cc(C)cc(C)c3)cc2)nc1C. The van der Waals surface area contributed by atoms with Crippen LogP contribution in [0.4, 0.5) is 0 Å². The summed E-state index contributed by atoms with van der Waals surface area (Å²) >= 11 is 0. The molecule has 126 valence electrons. The van der Waals surface area contributed by atoms with E-state index in [4.69, 9.17) is 4.74 Å². The second kappa shape index (κ2) is 6.89. The number of rotatable bonds is 4. The third kappa shape index (κ3) is 3.94. The van der Waals surface area contributed by atoms with E-state index >= 15 is 0 Å². The van der Waals surface area contributed by atoms with E-state index in [1.807, 2.05) is 55.5 Å². The first kappa shape index (κ1) is 16.9. The van der Waals surface area contributed by atoms with Crippen molar-refractivity contribution in [3.63, 3.8) is 0 Å². The summed E-state index contributed by atoms with van der Waals surface area (Å²) in [6.45, 7) is 7.53. The maximum atomic E-state index is 11.5. The molecule has 0 unspecified atom stereocenters. The van der Waals surface area contributed by atoms with Gasteiger partial charge in [0.05, 0.1) is 5.69 Å². The van der Waals surface area contributed by atoms with Gasteiger partial charge in [0.15, 0.2) is 5.78 Å². The van der Waals surface area contributed by atoms with Crippen molar-refractivity contribution >= 4 is 5.78 Å². The molecule has 0 aliphatic heterocycles. The fourth-order valence-electron chi connectivity index (χ4n) is 2.92. The van der Waals surface area contributed by atoms with Crippen LogP contribution >= 0.6 is 0 Å². The molecule has 3 aromatic rings. The van der Waals surface area contributed by atoms with Crippen LogP contribution in [0.1, 0.15) is 34.1 Å². The molecule has 25 heavy (non-hydrogen) atoms. The topological polar surface area (TPSA) is 39.2 Å². The standard InChI is InChI=1S/C22H21NO2/c1-14-11-15(2)13-20(12-14)25-19-7-5-18(6-8-19)22-10-9-21(17(4)24)16(3)23-22/h5-13H,1-4H3. The van der Waals surface area contributed by atoms with E-state index in [0.717, 1.165) is 28.5 Å². The first-order valence-corrected chi connectivity index (χ1v) is 8.27. The zero-order valence-corrected chi connectivity index (χ0v) is 15.0. The monoisotopic (exact) mass is 331 g/mol. The number of ketones is 1. The zero-order valence-electron chi connectivity index (χ0n) is 15.0. The third-order valence-electron chi connectivity index (χ3n) is 4.05. The molecule has 0 radical (unpaired) electrons. The minimum atomic E-state index is 0.0359. The number of carbonyl (C=O) groups excluding carboxylic acids is 1. The molecule has 3 nitrogen and oxygen atoms in total. The van der Waals surface area contributed by atoms with Gasteiger partial charge in [-0.2, -0.15) is 0 Å². The Morgan fingerprint density at radius 3 is 2.04 bits per heavy atom. The Morgan fingerprint density at radius 1 is 0.840 bits per heavy atom. The van der Waals surface area contributed by atoms with E-state index < -0.39 is 0 Å². The lowest BCUT2D eigenvalue weighted by Crippen LogP contribution is -1.99. The molecule has 1 aromatic heterocycles. The number of ether oxygens (including phenoxy) is 1. The molecule has 0 N–H and O–H groups in total. The Hall–Kier alpha value is -2.94. The maximum Gasteiger partial charge on any atom is 0.161 e. The summed E-state index contributed by atoms with van der Waals surface area (Å²) in [6.07, 6.45) is 0. The highest BCUT2D eigenvalue weighted by molar-refractivity contribution is 5.95. The molecule has 0 atom stereocenters. The van der Waals surface area contributed by atoms with Gasteiger partial charge in [0, 0.05) is 16.8 Å². The predicted molar refractivity (Wildman–Crippen MR) is 100 cm³/mol. The highest BCUT2D eigenvalue weighted by atomic mass is 16.5. The average Bonchev–Trinajstić information content (AvgIpc) is 2.54. The molecule has 3 heteroatoms. The Bertz CT molecular complexity index is 907. The molecule has 0 saturated heterocycles. The number of hydrogen-bond donors (Lipinski definition) is 0. The Kier molecular flexibility index (Phi) is 4.66. The quantitative estimate of drug-likeness (QED) is 0.578. The lowest BCUT2D eigenvalue weighted by atomic mass is 10.1. The van der Waals surface area contributed by atoms with Crippen LogP contribution in [-0.2, 0) is 0 Å². The van der Waals surface area contributed by atoms with Crippen molar-refractivity contribution in [1.82, 2.24) is 4.98 Å². The summed E-state index contributed by atoms with van der Waals surface area (Å²) in [5.74, 6) is 1.66. The summed E-state index contributed by atoms with van der Waals surface area (Å²) < 4.78 is 5.94. The molecule has 0 spiro atoms. The molecule has 0 bridgehead atoms. The molecule has 0 amide bonds. The van der Waals surface area contributed by atoms with Crippen LogP contribution < -0.4 is 4.74 Å². The molecule has 3 rings (SSSR count). The van der Waals surface area contributed by atoms with Crippen molar-refractivity contribution in [2.24, 2.45) is 0 Å². The molecular weight excluding hydrogens is 310 g/mol. The second-order valence-corrected chi connectivity index (χ2v) is 6.34. The van der Waals surface area contributed by atoms with Crippen LogP contribution in [0.5, 0.6) is 11.5 Å². The Morgan fingerprint density at radius 2 is 1.48 bits per heavy atom. The number of Topliss-reactive ketones (excluding diaryl/α,β-unsaturated/α-hetero) is 1. The maximum absolute atomic E-state index is 11.5. The van der Waals surface area contributed by atoms with E-state index in [1.54, 1.807) is 6.92 Å². The fourth-order valence-corrected chi connectivity index (χ4v) is 2.92. The van der Waals surface area contributed by atoms with Crippen molar-refractivity contribution in [2.75, 3.05) is 0 Å². The Balaban J connectivity index is 1.82. The zero-order chi connectivity index (χ0) is 18.0. The van der Waals surface area contributed by atoms with Gasteiger partial charge in [0.2, 0.25) is 0 Å². The van der Waals surface area contributed by atoms with Crippen molar-refractivity contribution in [3.8, 4) is 22.8 Å². The van der Waals surface area contributed by atoms with Crippen LogP contribution in [0.3, 0.4) is 0 Å². The molecule has 0 aliphatic carbocycles. The first-order valence-electron chi connectivity index (χ1n) is 8.27. The molecule has 0 aliphatic rings. The van der Waals surface area contributed by atoms with Crippen LogP contribution in [0.2, 0.25) is 0 Å². The van der Waals surface area contributed by atoms with Gasteiger partial charge >= 0.3 is 0 Å². The van der Waals surface area contributed by atoms with Gasteiger partial charge in [-0.05, 0) is 87.4 Å². The molecule has 1 heterocycles. The predicted octanol–water partition coefficient (Wildman–Crippen LogP) is 5.67. The third-order valence-corrected chi connectivity index (χ3v) is 4.05. The smallest absolute Gasteiger partial charge is 0.161 e. The summed E-state index contributed by atoms with van der Waals surface area (Å²) in [5, 5.41) is 0. The lowest BCUT2D eigenvalue weighted by Gasteiger charge is -2.09. The molecule has 2 aromatic carbocycles. The number of aromatic nitrogens is 1. The van der Waals surface area contributed by atoms with Crippen LogP contribution in [0, 0.1) is 20.8 Å². The van der Waals surface area contributed by atoms with Gasteiger partial charge in [-0.3, -0.25) is 9.78 Å². The van der Waals surface area contributed by atoms with Gasteiger partial charge in [-0.1, -0.05) is 6.07 Å². The fraction of sp³-hybridized carbons (Fsp3) is 0.182. The summed E-state index contributed by atoms with van der Waals surface area (Å²) in [4.78, 5) is 16.1. The lowest BCUT2D eigenvalue weighted by molar-refractivity contribution is 0.101. The molecular formula is C22H21NO2. The van der Waals surface area contributed by atoms with Crippen LogP contribution in [0.15, 0.2) is 54.6 Å². The summed E-state index contributed by atoms with van der Waals surface area (Å²) in [6, 6.07) is 17.7. The normalized spacial score (nSPS) is 10.6. The van der Waals surface area contributed by atoms with Crippen molar-refractivity contribution < 1.29 is 9.53 Å². The minimum Gasteiger partial charge on any atom is -0.457 e.